The third kappa shape index (κ3) is 6.58. The molecule has 12 heteroatoms. The molecule has 0 aliphatic carbocycles. The number of benzene rings is 2. The fourth-order valence-corrected chi connectivity index (χ4v) is 4.65. The monoisotopic (exact) mass is 555 g/mol. The number of carbonyl (C=O) groups is 3. The van der Waals surface area contributed by atoms with Gasteiger partial charge in [-0.2, -0.15) is 4.37 Å². The molecular weight excluding hydrogens is 522 g/mol. The van der Waals surface area contributed by atoms with Crippen LogP contribution in [-0.2, 0) is 4.79 Å². The summed E-state index contributed by atoms with van der Waals surface area (Å²) in [5.41, 5.74) is 11.9. The van der Waals surface area contributed by atoms with Gasteiger partial charge in [-0.1, -0.05) is 26.0 Å². The Balaban J connectivity index is 2.24. The molecular formula is C27H33N5O6S. The second-order valence-electron chi connectivity index (χ2n) is 9.01. The third-order valence-corrected chi connectivity index (χ3v) is 6.81. The van der Waals surface area contributed by atoms with Crippen LogP contribution in [0.5, 0.6) is 17.2 Å². The van der Waals surface area contributed by atoms with E-state index in [-0.39, 0.29) is 16.3 Å². The third-order valence-electron chi connectivity index (χ3n) is 5.96. The quantitative estimate of drug-likeness (QED) is 0.307. The number of nitrogens with one attached hydrogen (secondary N) is 1. The van der Waals surface area contributed by atoms with Gasteiger partial charge in [-0.3, -0.25) is 19.3 Å². The topological polar surface area (TPSA) is 159 Å². The lowest BCUT2D eigenvalue weighted by Gasteiger charge is -2.32. The molecule has 1 aromatic heterocycles. The van der Waals surface area contributed by atoms with E-state index in [0.29, 0.717) is 41.0 Å². The molecule has 2 aromatic carbocycles. The molecule has 0 saturated heterocycles. The van der Waals surface area contributed by atoms with E-state index in [2.05, 4.69) is 9.69 Å². The van der Waals surface area contributed by atoms with Crippen molar-refractivity contribution in [3.8, 4) is 17.2 Å². The number of nitrogens with zero attached hydrogens (tertiary/aromatic N) is 2. The molecule has 1 heterocycles. The van der Waals surface area contributed by atoms with Crippen LogP contribution in [0.1, 0.15) is 52.0 Å². The Morgan fingerprint density at radius 1 is 1.03 bits per heavy atom. The molecule has 0 aliphatic rings. The van der Waals surface area contributed by atoms with Crippen LogP contribution in [-0.4, -0.2) is 50.0 Å². The van der Waals surface area contributed by atoms with Gasteiger partial charge in [0.2, 0.25) is 5.91 Å². The average molecular weight is 556 g/mol. The van der Waals surface area contributed by atoms with Gasteiger partial charge < -0.3 is 31.0 Å². The SMILES string of the molecule is COc1cccc(N(C(=O)c2snc(C(N)=O)c2N)[C@H](C(=O)NCCC(C)C)c2ccc(OC)c(OC)c2)c1. The highest BCUT2D eigenvalue weighted by Crippen LogP contribution is 2.37. The van der Waals surface area contributed by atoms with Crippen molar-refractivity contribution in [2.75, 3.05) is 38.5 Å². The summed E-state index contributed by atoms with van der Waals surface area (Å²) in [5.74, 6) is -0.296. The number of ether oxygens (including phenoxy) is 3. The van der Waals surface area contributed by atoms with Crippen LogP contribution in [0, 0.1) is 5.92 Å². The van der Waals surface area contributed by atoms with E-state index in [9.17, 15) is 14.4 Å². The normalized spacial score (nSPS) is 11.5. The maximum Gasteiger partial charge on any atom is 0.273 e. The van der Waals surface area contributed by atoms with Crippen molar-refractivity contribution in [2.24, 2.45) is 11.7 Å². The van der Waals surface area contributed by atoms with Crippen LogP contribution in [0.4, 0.5) is 11.4 Å². The Bertz CT molecular complexity index is 1340. The van der Waals surface area contributed by atoms with Crippen molar-refractivity contribution in [3.63, 3.8) is 0 Å². The second kappa shape index (κ2) is 13.0. The molecule has 3 rings (SSSR count). The fraction of sp³-hybridized carbons (Fsp3) is 0.333. The zero-order valence-corrected chi connectivity index (χ0v) is 23.3. The summed E-state index contributed by atoms with van der Waals surface area (Å²) in [5, 5.41) is 2.95. The number of anilines is 2. The average Bonchev–Trinajstić information content (AvgIpc) is 3.32. The van der Waals surface area contributed by atoms with E-state index in [0.717, 1.165) is 18.0 Å². The molecule has 11 nitrogen and oxygen atoms in total. The number of nitrogens with two attached hydrogens (primary N) is 2. The van der Waals surface area contributed by atoms with Gasteiger partial charge in [0, 0.05) is 18.3 Å². The first-order valence-electron chi connectivity index (χ1n) is 12.1. The zero-order chi connectivity index (χ0) is 28.7. The second-order valence-corrected chi connectivity index (χ2v) is 9.78. The Morgan fingerprint density at radius 3 is 2.33 bits per heavy atom. The van der Waals surface area contributed by atoms with E-state index < -0.39 is 23.8 Å². The van der Waals surface area contributed by atoms with Crippen LogP contribution >= 0.6 is 11.5 Å². The van der Waals surface area contributed by atoms with Gasteiger partial charge in [0.15, 0.2) is 17.2 Å². The molecule has 0 radical (unpaired) electrons. The van der Waals surface area contributed by atoms with Crippen LogP contribution in [0.2, 0.25) is 0 Å². The molecule has 208 valence electrons. The van der Waals surface area contributed by atoms with E-state index in [4.69, 9.17) is 25.7 Å². The first kappa shape index (κ1) is 29.2. The molecule has 0 saturated carbocycles. The van der Waals surface area contributed by atoms with Crippen molar-refractivity contribution in [1.82, 2.24) is 9.69 Å². The van der Waals surface area contributed by atoms with Crippen LogP contribution in [0.25, 0.3) is 0 Å². The van der Waals surface area contributed by atoms with E-state index in [1.165, 1.54) is 26.2 Å². The molecule has 39 heavy (non-hydrogen) atoms. The van der Waals surface area contributed by atoms with Crippen LogP contribution in [0.3, 0.4) is 0 Å². The molecule has 0 bridgehead atoms. The number of methoxy groups -OCH3 is 3. The highest BCUT2D eigenvalue weighted by molar-refractivity contribution is 7.09. The van der Waals surface area contributed by atoms with E-state index in [1.54, 1.807) is 42.5 Å². The van der Waals surface area contributed by atoms with Gasteiger partial charge >= 0.3 is 0 Å². The van der Waals surface area contributed by atoms with Gasteiger partial charge in [-0.15, -0.1) is 0 Å². The molecule has 3 amide bonds. The minimum atomic E-state index is -1.17. The summed E-state index contributed by atoms with van der Waals surface area (Å²) in [6.45, 7) is 4.49. The lowest BCUT2D eigenvalue weighted by molar-refractivity contribution is -0.122. The Hall–Kier alpha value is -4.32. The number of hydrogen-bond donors (Lipinski definition) is 3. The molecule has 3 aromatic rings. The minimum Gasteiger partial charge on any atom is -0.497 e. The first-order chi connectivity index (χ1) is 18.6. The van der Waals surface area contributed by atoms with Gasteiger partial charge in [0.25, 0.3) is 11.8 Å². The summed E-state index contributed by atoms with van der Waals surface area (Å²) in [6.07, 6.45) is 0.737. The van der Waals surface area contributed by atoms with Crippen LogP contribution in [0.15, 0.2) is 42.5 Å². The largest absolute Gasteiger partial charge is 0.497 e. The van der Waals surface area contributed by atoms with Crippen LogP contribution < -0.4 is 35.9 Å². The highest BCUT2D eigenvalue weighted by Gasteiger charge is 2.36. The Kier molecular flexibility index (Phi) is 9.72. The van der Waals surface area contributed by atoms with Gasteiger partial charge in [-0.25, -0.2) is 0 Å². The number of carbonyl (C=O) groups excluding carboxylic acids is 3. The smallest absolute Gasteiger partial charge is 0.273 e. The Labute approximate surface area is 231 Å². The van der Waals surface area contributed by atoms with Gasteiger partial charge in [-0.05, 0) is 53.7 Å². The highest BCUT2D eigenvalue weighted by atomic mass is 32.1. The number of amides is 3. The summed E-state index contributed by atoms with van der Waals surface area (Å²) >= 11 is 0.731. The maximum absolute atomic E-state index is 14.2. The zero-order valence-electron chi connectivity index (χ0n) is 22.5. The lowest BCUT2D eigenvalue weighted by atomic mass is 10.0. The molecule has 1 atom stereocenters. The Morgan fingerprint density at radius 2 is 1.74 bits per heavy atom. The summed E-state index contributed by atoms with van der Waals surface area (Å²) in [7, 11) is 4.48. The number of aromatic nitrogens is 1. The van der Waals surface area contributed by atoms with Crippen molar-refractivity contribution in [3.05, 3.63) is 58.6 Å². The lowest BCUT2D eigenvalue weighted by Crippen LogP contribution is -2.44. The molecule has 0 aliphatic heterocycles. The summed E-state index contributed by atoms with van der Waals surface area (Å²) in [6, 6.07) is 10.5. The first-order valence-corrected chi connectivity index (χ1v) is 12.9. The summed E-state index contributed by atoms with van der Waals surface area (Å²) in [4.78, 5) is 41.1. The predicted octanol–water partition coefficient (Wildman–Crippen LogP) is 3.40. The number of primary amides is 1. The van der Waals surface area contributed by atoms with Crippen molar-refractivity contribution < 1.29 is 28.6 Å². The summed E-state index contributed by atoms with van der Waals surface area (Å²) < 4.78 is 20.2. The number of rotatable bonds is 12. The molecule has 0 fully saturated rings. The minimum absolute atomic E-state index is 0.0351. The number of hydrogen-bond acceptors (Lipinski definition) is 9. The molecule has 5 N–H and O–H groups in total. The van der Waals surface area contributed by atoms with E-state index >= 15 is 0 Å². The molecule has 0 spiro atoms. The maximum atomic E-state index is 14.2. The van der Waals surface area contributed by atoms with Gasteiger partial charge in [0.1, 0.15) is 16.7 Å². The van der Waals surface area contributed by atoms with Gasteiger partial charge in [0.05, 0.1) is 27.0 Å². The standard InChI is InChI=1S/C27H33N5O6S/c1-15(2)11-12-30-26(34)23(16-9-10-19(37-4)20(13-16)38-5)32(17-7-6-8-18(14-17)36-3)27(35)24-21(28)22(25(29)33)31-39-24/h6-10,13-15,23H,11-12,28H2,1-5H3,(H2,29,33)(H,30,34)/t23-/m0/s1. The molecule has 0 unspecified atom stereocenters. The van der Waals surface area contributed by atoms with E-state index in [1.807, 2.05) is 13.8 Å². The van der Waals surface area contributed by atoms with Crippen molar-refractivity contribution >= 4 is 40.6 Å². The van der Waals surface area contributed by atoms with Crippen molar-refractivity contribution in [2.45, 2.75) is 26.3 Å². The number of nitrogen functional groups attached to an aromatic ring is 1. The fourth-order valence-electron chi connectivity index (χ4n) is 3.90. The predicted molar refractivity (Wildman–Crippen MR) is 150 cm³/mol. The van der Waals surface area contributed by atoms with Crippen molar-refractivity contribution in [1.29, 1.82) is 0 Å².